The number of methoxy groups -OCH3 is 1. The van der Waals surface area contributed by atoms with Crippen LogP contribution in [0, 0.1) is 0 Å². The summed E-state index contributed by atoms with van der Waals surface area (Å²) in [6.45, 7) is 1.95. The van der Waals surface area contributed by atoms with E-state index in [1.165, 1.54) is 4.68 Å². The molecule has 25 heavy (non-hydrogen) atoms. The van der Waals surface area contributed by atoms with Gasteiger partial charge in [0.1, 0.15) is 5.60 Å². The second-order valence-corrected chi connectivity index (χ2v) is 6.43. The number of aromatic nitrogens is 3. The highest BCUT2D eigenvalue weighted by Crippen LogP contribution is 2.45. The van der Waals surface area contributed by atoms with Gasteiger partial charge in [-0.25, -0.2) is 23.9 Å². The molecule has 2 atom stereocenters. The van der Waals surface area contributed by atoms with Crippen LogP contribution in [0.1, 0.15) is 24.1 Å². The molecule has 0 radical (unpaired) electrons. The lowest BCUT2D eigenvalue weighted by Gasteiger charge is -2.31. The maximum Gasteiger partial charge on any atom is 0.352 e. The first-order chi connectivity index (χ1) is 12.1. The number of hydrogen-bond donors (Lipinski definition) is 1. The Morgan fingerprint density at radius 1 is 1.08 bits per heavy atom. The highest BCUT2D eigenvalue weighted by atomic mass is 16.5. The molecule has 1 heterocycles. The number of benzene rings is 2. The molecule has 0 saturated carbocycles. The molecular formula is C19H19N3O3. The second kappa shape index (κ2) is 5.60. The van der Waals surface area contributed by atoms with Crippen molar-refractivity contribution in [3.63, 3.8) is 0 Å². The van der Waals surface area contributed by atoms with Gasteiger partial charge in [-0.1, -0.05) is 42.5 Å². The first kappa shape index (κ1) is 15.7. The van der Waals surface area contributed by atoms with E-state index in [4.69, 9.17) is 4.74 Å². The molecule has 4 rings (SSSR count). The molecule has 0 amide bonds. The van der Waals surface area contributed by atoms with Gasteiger partial charge in [0.15, 0.2) is 0 Å². The zero-order chi connectivity index (χ0) is 17.6. The molecular weight excluding hydrogens is 318 g/mol. The summed E-state index contributed by atoms with van der Waals surface area (Å²) in [7, 11) is 1.63. The summed E-state index contributed by atoms with van der Waals surface area (Å²) in [5.74, 6) is 0. The lowest BCUT2D eigenvalue weighted by molar-refractivity contribution is -0.0372. The van der Waals surface area contributed by atoms with Gasteiger partial charge in [0, 0.05) is 7.11 Å². The van der Waals surface area contributed by atoms with Gasteiger partial charge in [0.2, 0.25) is 0 Å². The van der Waals surface area contributed by atoms with Gasteiger partial charge < -0.3 is 4.74 Å². The Morgan fingerprint density at radius 2 is 1.76 bits per heavy atom. The van der Waals surface area contributed by atoms with Gasteiger partial charge >= 0.3 is 11.4 Å². The Morgan fingerprint density at radius 3 is 2.48 bits per heavy atom. The number of para-hydroxylation sites is 1. The minimum absolute atomic E-state index is 0.319. The van der Waals surface area contributed by atoms with E-state index in [0.29, 0.717) is 12.1 Å². The Hall–Kier alpha value is -2.86. The van der Waals surface area contributed by atoms with E-state index < -0.39 is 17.0 Å². The molecule has 3 aromatic rings. The summed E-state index contributed by atoms with van der Waals surface area (Å²) in [6, 6.07) is 16.6. The standard InChI is InChI=1S/C19H19N3O3/c1-19(25-2)15-11-7-6-8-13(15)12-16(19)22-18(24)21(17(23)20-22)14-9-4-3-5-10-14/h3-11,16H,12H2,1-2H3,(H,20,23)/t16-,19-/m0/s1. The fraction of sp³-hybridized carbons (Fsp3) is 0.263. The van der Waals surface area contributed by atoms with Crippen LogP contribution in [0.25, 0.3) is 5.69 Å². The minimum atomic E-state index is -0.688. The topological polar surface area (TPSA) is 69.0 Å². The molecule has 0 unspecified atom stereocenters. The van der Waals surface area contributed by atoms with Crippen molar-refractivity contribution in [1.29, 1.82) is 0 Å². The van der Waals surface area contributed by atoms with Crippen LogP contribution >= 0.6 is 0 Å². The highest BCUT2D eigenvalue weighted by molar-refractivity contribution is 5.39. The molecule has 2 aromatic carbocycles. The largest absolute Gasteiger partial charge is 0.372 e. The van der Waals surface area contributed by atoms with Crippen LogP contribution in [-0.4, -0.2) is 21.5 Å². The average Bonchev–Trinajstić information content (AvgIpc) is 3.10. The fourth-order valence-corrected chi connectivity index (χ4v) is 3.76. The molecule has 1 N–H and O–H groups in total. The quantitative estimate of drug-likeness (QED) is 0.795. The van der Waals surface area contributed by atoms with Crippen molar-refractivity contribution in [3.8, 4) is 5.69 Å². The smallest absolute Gasteiger partial charge is 0.352 e. The maximum atomic E-state index is 13.0. The normalized spacial score (nSPS) is 22.1. The molecule has 0 bridgehead atoms. The third kappa shape index (κ3) is 2.21. The lowest BCUT2D eigenvalue weighted by atomic mass is 9.95. The van der Waals surface area contributed by atoms with Gasteiger partial charge in [-0.2, -0.15) is 0 Å². The number of H-pyrrole nitrogens is 1. The molecule has 6 heteroatoms. The average molecular weight is 337 g/mol. The Labute approximate surface area is 144 Å². The van der Waals surface area contributed by atoms with Crippen LogP contribution in [0.3, 0.4) is 0 Å². The Bertz CT molecular complexity index is 1030. The molecule has 0 fully saturated rings. The predicted octanol–water partition coefficient (Wildman–Crippen LogP) is 1.99. The molecule has 1 aliphatic carbocycles. The van der Waals surface area contributed by atoms with Crippen molar-refractivity contribution in [1.82, 2.24) is 14.3 Å². The molecule has 6 nitrogen and oxygen atoms in total. The number of nitrogens with zero attached hydrogens (tertiary/aromatic N) is 2. The summed E-state index contributed by atoms with van der Waals surface area (Å²) in [5, 5.41) is 2.71. The number of nitrogens with one attached hydrogen (secondary N) is 1. The Balaban J connectivity index is 1.88. The molecule has 0 saturated heterocycles. The van der Waals surface area contributed by atoms with Gasteiger partial charge in [-0.05, 0) is 36.6 Å². The summed E-state index contributed by atoms with van der Waals surface area (Å²) < 4.78 is 8.36. The maximum absolute atomic E-state index is 13.0. The summed E-state index contributed by atoms with van der Waals surface area (Å²) in [5.41, 5.74) is 1.18. The van der Waals surface area contributed by atoms with E-state index in [1.807, 2.05) is 37.3 Å². The summed E-state index contributed by atoms with van der Waals surface area (Å²) >= 11 is 0. The number of fused-ring (bicyclic) bond motifs is 1. The lowest BCUT2D eigenvalue weighted by Crippen LogP contribution is -2.38. The summed E-state index contributed by atoms with van der Waals surface area (Å²) in [6.07, 6.45) is 0.620. The van der Waals surface area contributed by atoms with Crippen molar-refractivity contribution in [2.75, 3.05) is 7.11 Å². The minimum Gasteiger partial charge on any atom is -0.372 e. The first-order valence-corrected chi connectivity index (χ1v) is 8.19. The first-order valence-electron chi connectivity index (χ1n) is 8.19. The van der Waals surface area contributed by atoms with Gasteiger partial charge in [0.25, 0.3) is 0 Å². The van der Waals surface area contributed by atoms with Gasteiger partial charge in [0.05, 0.1) is 11.7 Å². The van der Waals surface area contributed by atoms with Crippen LogP contribution in [0.5, 0.6) is 0 Å². The van der Waals surface area contributed by atoms with E-state index in [0.717, 1.165) is 15.7 Å². The number of aromatic amines is 1. The zero-order valence-corrected chi connectivity index (χ0v) is 14.1. The van der Waals surface area contributed by atoms with Crippen LogP contribution in [0.15, 0.2) is 64.2 Å². The predicted molar refractivity (Wildman–Crippen MR) is 94.2 cm³/mol. The van der Waals surface area contributed by atoms with Crippen LogP contribution in [0.2, 0.25) is 0 Å². The number of ether oxygens (including phenoxy) is 1. The molecule has 0 aliphatic heterocycles. The van der Waals surface area contributed by atoms with Crippen molar-refractivity contribution in [2.45, 2.75) is 25.0 Å². The van der Waals surface area contributed by atoms with Crippen molar-refractivity contribution in [3.05, 3.63) is 86.7 Å². The van der Waals surface area contributed by atoms with Crippen LogP contribution in [-0.2, 0) is 16.8 Å². The molecule has 0 spiro atoms. The zero-order valence-electron chi connectivity index (χ0n) is 14.1. The van der Waals surface area contributed by atoms with E-state index in [2.05, 4.69) is 5.10 Å². The van der Waals surface area contributed by atoms with Crippen molar-refractivity contribution in [2.24, 2.45) is 0 Å². The van der Waals surface area contributed by atoms with Crippen LogP contribution in [0.4, 0.5) is 0 Å². The second-order valence-electron chi connectivity index (χ2n) is 6.43. The number of hydrogen-bond acceptors (Lipinski definition) is 3. The molecule has 1 aromatic heterocycles. The molecule has 1 aliphatic rings. The summed E-state index contributed by atoms with van der Waals surface area (Å²) in [4.78, 5) is 25.4. The Kier molecular flexibility index (Phi) is 3.51. The van der Waals surface area contributed by atoms with Gasteiger partial charge in [-0.15, -0.1) is 0 Å². The van der Waals surface area contributed by atoms with E-state index in [-0.39, 0.29) is 6.04 Å². The highest BCUT2D eigenvalue weighted by Gasteiger charge is 2.46. The van der Waals surface area contributed by atoms with E-state index in [1.54, 1.807) is 31.4 Å². The third-order valence-corrected chi connectivity index (χ3v) is 5.17. The monoisotopic (exact) mass is 337 g/mol. The third-order valence-electron chi connectivity index (χ3n) is 5.17. The fourth-order valence-electron chi connectivity index (χ4n) is 3.76. The van der Waals surface area contributed by atoms with Crippen molar-refractivity contribution < 1.29 is 4.74 Å². The SMILES string of the molecule is CO[C@@]1(C)c2ccccc2C[C@@H]1n1[nH]c(=O)n(-c2ccccc2)c1=O. The van der Waals surface area contributed by atoms with Gasteiger partial charge in [-0.3, -0.25) is 0 Å². The molecule has 128 valence electrons. The van der Waals surface area contributed by atoms with Crippen molar-refractivity contribution >= 4 is 0 Å². The van der Waals surface area contributed by atoms with Crippen LogP contribution < -0.4 is 11.4 Å². The van der Waals surface area contributed by atoms with E-state index in [9.17, 15) is 9.59 Å². The van der Waals surface area contributed by atoms with E-state index >= 15 is 0 Å². The number of rotatable bonds is 3.